The van der Waals surface area contributed by atoms with E-state index < -0.39 is 8.07 Å². The van der Waals surface area contributed by atoms with Crippen LogP contribution < -0.4 is 10.4 Å². The molecule has 0 saturated carbocycles. The van der Waals surface area contributed by atoms with Crippen molar-refractivity contribution in [3.63, 3.8) is 0 Å². The van der Waals surface area contributed by atoms with Crippen LogP contribution in [0.4, 0.5) is 0 Å². The SMILES string of the molecule is Cc1ccc([Si](C)(C)c2cccc(C)c2C)cc1C. The molecule has 2 aromatic carbocycles. The molecule has 0 aromatic heterocycles. The van der Waals surface area contributed by atoms with Crippen LogP contribution in [0.25, 0.3) is 0 Å². The zero-order chi connectivity index (χ0) is 14.2. The van der Waals surface area contributed by atoms with Gasteiger partial charge in [-0.1, -0.05) is 59.9 Å². The van der Waals surface area contributed by atoms with Crippen LogP contribution in [-0.4, -0.2) is 8.07 Å². The highest BCUT2D eigenvalue weighted by Gasteiger charge is 2.27. The summed E-state index contributed by atoms with van der Waals surface area (Å²) < 4.78 is 0. The maximum atomic E-state index is 2.46. The molecule has 0 amide bonds. The van der Waals surface area contributed by atoms with Gasteiger partial charge in [-0.2, -0.15) is 0 Å². The lowest BCUT2D eigenvalue weighted by Crippen LogP contribution is -2.54. The van der Waals surface area contributed by atoms with Crippen LogP contribution in [0.3, 0.4) is 0 Å². The van der Waals surface area contributed by atoms with Crippen LogP contribution in [-0.2, 0) is 0 Å². The summed E-state index contributed by atoms with van der Waals surface area (Å²) in [4.78, 5) is 0. The molecule has 0 spiro atoms. The van der Waals surface area contributed by atoms with Gasteiger partial charge in [0.2, 0.25) is 0 Å². The maximum absolute atomic E-state index is 2.46. The Balaban J connectivity index is 2.58. The van der Waals surface area contributed by atoms with Crippen molar-refractivity contribution >= 4 is 18.4 Å². The van der Waals surface area contributed by atoms with Crippen molar-refractivity contribution in [3.05, 3.63) is 58.7 Å². The molecule has 0 nitrogen and oxygen atoms in total. The van der Waals surface area contributed by atoms with Crippen molar-refractivity contribution in [2.45, 2.75) is 40.8 Å². The van der Waals surface area contributed by atoms with Gasteiger partial charge in [-0.05, 0) is 49.9 Å². The number of hydrogen-bond acceptors (Lipinski definition) is 0. The van der Waals surface area contributed by atoms with Crippen molar-refractivity contribution in [3.8, 4) is 0 Å². The lowest BCUT2D eigenvalue weighted by molar-refractivity contribution is 1.34. The number of rotatable bonds is 2. The molecule has 0 saturated heterocycles. The quantitative estimate of drug-likeness (QED) is 0.728. The summed E-state index contributed by atoms with van der Waals surface area (Å²) in [5.41, 5.74) is 5.66. The minimum absolute atomic E-state index is 1.38. The van der Waals surface area contributed by atoms with Gasteiger partial charge in [-0.3, -0.25) is 0 Å². The molecular formula is C18H24Si. The highest BCUT2D eigenvalue weighted by molar-refractivity contribution is 7.00. The van der Waals surface area contributed by atoms with E-state index in [-0.39, 0.29) is 0 Å². The minimum atomic E-state index is -1.59. The third-order valence-electron chi connectivity index (χ3n) is 4.51. The van der Waals surface area contributed by atoms with E-state index in [0.717, 1.165) is 0 Å². The predicted octanol–water partition coefficient (Wildman–Crippen LogP) is 3.74. The second-order valence-electron chi connectivity index (χ2n) is 6.17. The molecule has 0 aliphatic rings. The molecular weight excluding hydrogens is 244 g/mol. The molecule has 1 heteroatoms. The van der Waals surface area contributed by atoms with E-state index in [0.29, 0.717) is 0 Å². The normalized spacial score (nSPS) is 11.7. The number of benzene rings is 2. The summed E-state index contributed by atoms with van der Waals surface area (Å²) in [6.07, 6.45) is 0. The summed E-state index contributed by atoms with van der Waals surface area (Å²) in [5.74, 6) is 0. The monoisotopic (exact) mass is 268 g/mol. The van der Waals surface area contributed by atoms with E-state index in [2.05, 4.69) is 77.2 Å². The Morgan fingerprint density at radius 3 is 2.05 bits per heavy atom. The summed E-state index contributed by atoms with van der Waals surface area (Å²) >= 11 is 0. The molecule has 0 bridgehead atoms. The van der Waals surface area contributed by atoms with Gasteiger partial charge in [0.25, 0.3) is 0 Å². The van der Waals surface area contributed by atoms with Crippen LogP contribution in [0, 0.1) is 27.7 Å². The molecule has 2 rings (SSSR count). The lowest BCUT2D eigenvalue weighted by Gasteiger charge is -2.27. The molecule has 0 radical (unpaired) electrons. The van der Waals surface area contributed by atoms with Crippen molar-refractivity contribution in [2.75, 3.05) is 0 Å². The second-order valence-corrected chi connectivity index (χ2v) is 10.5. The smallest absolute Gasteiger partial charge is 0.0623 e. The molecule has 0 N–H and O–H groups in total. The fourth-order valence-corrected chi connectivity index (χ4v) is 5.75. The standard InChI is InChI=1S/C18H24Si/c1-13-10-11-17(12-15(13)3)19(5,6)18-9-7-8-14(2)16(18)4/h7-12H,1-6H3. The molecule has 2 aromatic rings. The Morgan fingerprint density at radius 2 is 1.42 bits per heavy atom. The van der Waals surface area contributed by atoms with Crippen LogP contribution in [0.2, 0.25) is 13.1 Å². The summed E-state index contributed by atoms with van der Waals surface area (Å²) in [6.45, 7) is 13.8. The molecule has 0 aliphatic carbocycles. The van der Waals surface area contributed by atoms with Gasteiger partial charge >= 0.3 is 0 Å². The predicted molar refractivity (Wildman–Crippen MR) is 88.6 cm³/mol. The molecule has 0 fully saturated rings. The van der Waals surface area contributed by atoms with Crippen molar-refractivity contribution < 1.29 is 0 Å². The average Bonchev–Trinajstić information content (AvgIpc) is 2.35. The number of aryl methyl sites for hydroxylation is 3. The van der Waals surface area contributed by atoms with Gasteiger partial charge in [0.15, 0.2) is 0 Å². The van der Waals surface area contributed by atoms with Crippen LogP contribution in [0.1, 0.15) is 22.3 Å². The van der Waals surface area contributed by atoms with E-state index in [4.69, 9.17) is 0 Å². The first-order chi connectivity index (χ1) is 8.84. The first-order valence-electron chi connectivity index (χ1n) is 6.98. The Kier molecular flexibility index (Phi) is 3.68. The van der Waals surface area contributed by atoms with Crippen LogP contribution in [0.5, 0.6) is 0 Å². The molecule has 0 atom stereocenters. The van der Waals surface area contributed by atoms with E-state index >= 15 is 0 Å². The van der Waals surface area contributed by atoms with Crippen molar-refractivity contribution in [2.24, 2.45) is 0 Å². The Bertz CT molecular complexity index is 609. The van der Waals surface area contributed by atoms with E-state index in [1.54, 1.807) is 5.19 Å². The fraction of sp³-hybridized carbons (Fsp3) is 0.333. The molecule has 19 heavy (non-hydrogen) atoms. The topological polar surface area (TPSA) is 0 Å². The third-order valence-corrected chi connectivity index (χ3v) is 8.15. The Morgan fingerprint density at radius 1 is 0.737 bits per heavy atom. The molecule has 0 heterocycles. The average molecular weight is 268 g/mol. The minimum Gasteiger partial charge on any atom is -0.0623 e. The summed E-state index contributed by atoms with van der Waals surface area (Å²) in [5, 5.41) is 3.10. The van der Waals surface area contributed by atoms with Crippen molar-refractivity contribution in [1.29, 1.82) is 0 Å². The van der Waals surface area contributed by atoms with Gasteiger partial charge in [0.05, 0.1) is 0 Å². The van der Waals surface area contributed by atoms with E-state index in [1.165, 1.54) is 27.4 Å². The Hall–Kier alpha value is -1.34. The van der Waals surface area contributed by atoms with Gasteiger partial charge in [-0.25, -0.2) is 0 Å². The summed E-state index contributed by atoms with van der Waals surface area (Å²) in [6, 6.07) is 13.7. The maximum Gasteiger partial charge on any atom is 0.112 e. The van der Waals surface area contributed by atoms with Crippen LogP contribution in [0.15, 0.2) is 36.4 Å². The third kappa shape index (κ3) is 2.52. The van der Waals surface area contributed by atoms with Gasteiger partial charge in [0.1, 0.15) is 8.07 Å². The number of hydrogen-bond donors (Lipinski definition) is 0. The van der Waals surface area contributed by atoms with E-state index in [9.17, 15) is 0 Å². The first kappa shape index (κ1) is 14.1. The largest absolute Gasteiger partial charge is 0.112 e. The molecule has 0 unspecified atom stereocenters. The highest BCUT2D eigenvalue weighted by atomic mass is 28.3. The highest BCUT2D eigenvalue weighted by Crippen LogP contribution is 2.13. The van der Waals surface area contributed by atoms with E-state index in [1.807, 2.05) is 0 Å². The Labute approximate surface area is 118 Å². The molecule has 100 valence electrons. The molecule has 0 aliphatic heterocycles. The zero-order valence-corrected chi connectivity index (χ0v) is 14.0. The second kappa shape index (κ2) is 4.97. The summed E-state index contributed by atoms with van der Waals surface area (Å²) in [7, 11) is -1.59. The van der Waals surface area contributed by atoms with Gasteiger partial charge < -0.3 is 0 Å². The zero-order valence-electron chi connectivity index (χ0n) is 13.0. The van der Waals surface area contributed by atoms with Gasteiger partial charge in [-0.15, -0.1) is 0 Å². The first-order valence-corrected chi connectivity index (χ1v) is 9.98. The van der Waals surface area contributed by atoms with Gasteiger partial charge in [0, 0.05) is 0 Å². The lowest BCUT2D eigenvalue weighted by atomic mass is 10.1. The van der Waals surface area contributed by atoms with Crippen LogP contribution >= 0.6 is 0 Å². The fourth-order valence-electron chi connectivity index (χ4n) is 2.71. The van der Waals surface area contributed by atoms with Crippen molar-refractivity contribution in [1.82, 2.24) is 0 Å².